The minimum absolute atomic E-state index is 0.0858. The van der Waals surface area contributed by atoms with Crippen LogP contribution in [0.4, 0.5) is 18.9 Å². The van der Waals surface area contributed by atoms with Gasteiger partial charge in [0.2, 0.25) is 0 Å². The van der Waals surface area contributed by atoms with E-state index in [-0.39, 0.29) is 17.8 Å². The summed E-state index contributed by atoms with van der Waals surface area (Å²) in [5, 5.41) is 3.45. The van der Waals surface area contributed by atoms with Gasteiger partial charge < -0.3 is 10.2 Å². The van der Waals surface area contributed by atoms with Gasteiger partial charge in [0.25, 0.3) is 5.91 Å². The summed E-state index contributed by atoms with van der Waals surface area (Å²) >= 11 is 0. The summed E-state index contributed by atoms with van der Waals surface area (Å²) < 4.78 is 42.1. The summed E-state index contributed by atoms with van der Waals surface area (Å²) in [7, 11) is 3.97. The van der Waals surface area contributed by atoms with E-state index in [1.165, 1.54) is 18.5 Å². The lowest BCUT2D eigenvalue weighted by Crippen LogP contribution is -2.31. The number of likely N-dealkylation sites (tertiary alicyclic amines) is 1. The molecule has 9 heteroatoms. The Balaban J connectivity index is 1.35. The molecule has 1 saturated heterocycles. The van der Waals surface area contributed by atoms with E-state index in [0.29, 0.717) is 17.2 Å². The summed E-state index contributed by atoms with van der Waals surface area (Å²) in [4.78, 5) is 25.5. The molecule has 5 rings (SSSR count). The maximum atomic E-state index is 14.0. The standard InChI is InChI=1S/C32H30F3N5O/c1-21-7-8-24(15-23(21)10-9-22-5-4-6-30-28(22)17-36-20-37-30)31(41)38-26-12-11-25(29(16-26)32(33,34)35)18-40-14-13-27(19-40)39(2)3/h4-8,11-12,15-17,20,27H,13-14,18-19H2,1-3H3,(H,38,41)/t27-/m0/s1. The monoisotopic (exact) mass is 557 g/mol. The van der Waals surface area contributed by atoms with Gasteiger partial charge in [0.05, 0.1) is 11.1 Å². The molecule has 1 N–H and O–H groups in total. The summed E-state index contributed by atoms with van der Waals surface area (Å²) in [5.74, 6) is 5.74. The van der Waals surface area contributed by atoms with Crippen molar-refractivity contribution in [1.82, 2.24) is 19.8 Å². The van der Waals surface area contributed by atoms with E-state index < -0.39 is 17.6 Å². The maximum Gasteiger partial charge on any atom is 0.416 e. The van der Waals surface area contributed by atoms with Gasteiger partial charge in [-0.2, -0.15) is 13.2 Å². The van der Waals surface area contributed by atoms with Gasteiger partial charge in [-0.1, -0.05) is 30.0 Å². The lowest BCUT2D eigenvalue weighted by Gasteiger charge is -2.22. The third kappa shape index (κ3) is 6.56. The zero-order valence-electron chi connectivity index (χ0n) is 23.1. The third-order valence-electron chi connectivity index (χ3n) is 7.43. The number of aromatic nitrogens is 2. The van der Waals surface area contributed by atoms with E-state index in [4.69, 9.17) is 0 Å². The number of hydrogen-bond donors (Lipinski definition) is 1. The molecule has 1 atom stereocenters. The number of rotatable bonds is 5. The van der Waals surface area contributed by atoms with E-state index >= 15 is 0 Å². The molecule has 0 spiro atoms. The Bertz CT molecular complexity index is 1650. The maximum absolute atomic E-state index is 14.0. The van der Waals surface area contributed by atoms with E-state index in [1.807, 2.05) is 44.1 Å². The number of carbonyl (C=O) groups excluding carboxylic acids is 1. The third-order valence-corrected chi connectivity index (χ3v) is 7.43. The SMILES string of the molecule is Cc1ccc(C(=O)Nc2ccc(CN3CC[C@H](N(C)C)C3)c(C(F)(F)F)c2)cc1C#Cc1cccc2ncncc12. The fourth-order valence-corrected chi connectivity index (χ4v) is 5.02. The van der Waals surface area contributed by atoms with E-state index in [0.717, 1.165) is 47.6 Å². The van der Waals surface area contributed by atoms with Gasteiger partial charge in [-0.15, -0.1) is 0 Å². The Kier molecular flexibility index (Phi) is 8.06. The van der Waals surface area contributed by atoms with Gasteiger partial charge in [0, 0.05) is 59.6 Å². The summed E-state index contributed by atoms with van der Waals surface area (Å²) in [5.41, 5.74) is 2.88. The van der Waals surface area contributed by atoms with Crippen LogP contribution in [0.3, 0.4) is 0 Å². The lowest BCUT2D eigenvalue weighted by atomic mass is 10.0. The minimum Gasteiger partial charge on any atom is -0.322 e. The molecule has 4 aromatic rings. The topological polar surface area (TPSA) is 61.4 Å². The lowest BCUT2D eigenvalue weighted by molar-refractivity contribution is -0.138. The molecule has 1 aliphatic heterocycles. The van der Waals surface area contributed by atoms with Gasteiger partial charge in [-0.3, -0.25) is 9.69 Å². The Morgan fingerprint density at radius 3 is 2.66 bits per heavy atom. The second kappa shape index (κ2) is 11.7. The van der Waals surface area contributed by atoms with Crippen molar-refractivity contribution < 1.29 is 18.0 Å². The van der Waals surface area contributed by atoms with Crippen molar-refractivity contribution in [2.24, 2.45) is 0 Å². The molecule has 0 radical (unpaired) electrons. The van der Waals surface area contributed by atoms with Gasteiger partial charge in [0.15, 0.2) is 0 Å². The second-order valence-electron chi connectivity index (χ2n) is 10.5. The number of aryl methyl sites for hydroxylation is 1. The van der Waals surface area contributed by atoms with Crippen molar-refractivity contribution in [2.75, 3.05) is 32.5 Å². The molecule has 0 aliphatic carbocycles. The Morgan fingerprint density at radius 2 is 1.90 bits per heavy atom. The highest BCUT2D eigenvalue weighted by molar-refractivity contribution is 6.04. The number of carbonyl (C=O) groups is 1. The average molecular weight is 558 g/mol. The average Bonchev–Trinajstić information content (AvgIpc) is 3.42. The molecule has 0 bridgehead atoms. The largest absolute Gasteiger partial charge is 0.416 e. The van der Waals surface area contributed by atoms with Crippen molar-refractivity contribution in [3.63, 3.8) is 0 Å². The molecular weight excluding hydrogens is 527 g/mol. The first-order valence-electron chi connectivity index (χ1n) is 13.3. The number of alkyl halides is 3. The summed E-state index contributed by atoms with van der Waals surface area (Å²) in [6, 6.07) is 15.0. The fraction of sp³-hybridized carbons (Fsp3) is 0.281. The Morgan fingerprint density at radius 1 is 1.10 bits per heavy atom. The van der Waals surface area contributed by atoms with Crippen LogP contribution < -0.4 is 5.32 Å². The van der Waals surface area contributed by atoms with E-state index in [2.05, 4.69) is 32.0 Å². The van der Waals surface area contributed by atoms with E-state index in [9.17, 15) is 18.0 Å². The van der Waals surface area contributed by atoms with Crippen LogP contribution in [0.5, 0.6) is 0 Å². The van der Waals surface area contributed by atoms with Gasteiger partial charge in [0.1, 0.15) is 6.33 Å². The van der Waals surface area contributed by atoms with E-state index in [1.54, 1.807) is 24.4 Å². The summed E-state index contributed by atoms with van der Waals surface area (Å²) in [6.07, 6.45) is -0.446. The Hall–Kier alpha value is -4.26. The van der Waals surface area contributed by atoms with Crippen molar-refractivity contribution in [1.29, 1.82) is 0 Å². The fourth-order valence-electron chi connectivity index (χ4n) is 5.02. The molecule has 210 valence electrons. The first-order valence-corrected chi connectivity index (χ1v) is 13.3. The molecule has 3 aromatic carbocycles. The second-order valence-corrected chi connectivity index (χ2v) is 10.5. The number of fused-ring (bicyclic) bond motifs is 1. The molecule has 2 heterocycles. The highest BCUT2D eigenvalue weighted by Crippen LogP contribution is 2.35. The number of anilines is 1. The number of likely N-dealkylation sites (N-methyl/N-ethyl adjacent to an activating group) is 1. The molecule has 6 nitrogen and oxygen atoms in total. The first kappa shape index (κ1) is 28.3. The van der Waals surface area contributed by atoms with Crippen LogP contribution in [-0.4, -0.2) is 58.9 Å². The molecule has 1 aliphatic rings. The van der Waals surface area contributed by atoms with Crippen LogP contribution in [0, 0.1) is 18.8 Å². The number of benzene rings is 3. The highest BCUT2D eigenvalue weighted by atomic mass is 19.4. The van der Waals surface area contributed by atoms with Gasteiger partial charge in [-0.25, -0.2) is 9.97 Å². The summed E-state index contributed by atoms with van der Waals surface area (Å²) in [6.45, 7) is 3.55. The number of amides is 1. The van der Waals surface area contributed by atoms with Crippen molar-refractivity contribution in [3.8, 4) is 11.8 Å². The molecule has 1 aromatic heterocycles. The molecular formula is C32H30F3N5O. The molecule has 1 amide bonds. The van der Waals surface area contributed by atoms with Crippen molar-refractivity contribution in [3.05, 3.63) is 101 Å². The molecule has 41 heavy (non-hydrogen) atoms. The van der Waals surface area contributed by atoms with Gasteiger partial charge in [-0.05, 0) is 75.0 Å². The van der Waals surface area contributed by atoms with Crippen molar-refractivity contribution in [2.45, 2.75) is 32.1 Å². The van der Waals surface area contributed by atoms with Crippen LogP contribution in [0.2, 0.25) is 0 Å². The normalized spacial score (nSPS) is 15.6. The number of hydrogen-bond acceptors (Lipinski definition) is 5. The van der Waals surface area contributed by atoms with Crippen molar-refractivity contribution >= 4 is 22.5 Å². The zero-order valence-corrected chi connectivity index (χ0v) is 23.1. The molecule has 0 unspecified atom stereocenters. The van der Waals surface area contributed by atoms with Crippen LogP contribution in [0.25, 0.3) is 10.9 Å². The predicted octanol–water partition coefficient (Wildman–Crippen LogP) is 5.75. The quantitative estimate of drug-likeness (QED) is 0.317. The van der Waals surface area contributed by atoms with Crippen LogP contribution in [-0.2, 0) is 12.7 Å². The Labute approximate surface area is 237 Å². The predicted molar refractivity (Wildman–Crippen MR) is 153 cm³/mol. The highest BCUT2D eigenvalue weighted by Gasteiger charge is 2.35. The zero-order chi connectivity index (χ0) is 29.1. The number of nitrogens with one attached hydrogen (secondary N) is 1. The first-order chi connectivity index (χ1) is 19.6. The smallest absolute Gasteiger partial charge is 0.322 e. The van der Waals surface area contributed by atoms with Crippen LogP contribution in [0.1, 0.15) is 44.6 Å². The van der Waals surface area contributed by atoms with Crippen LogP contribution >= 0.6 is 0 Å². The molecule has 0 saturated carbocycles. The number of nitrogens with zero attached hydrogens (tertiary/aromatic N) is 4. The number of halogens is 3. The van der Waals surface area contributed by atoms with Crippen LogP contribution in [0.15, 0.2) is 67.1 Å². The molecule has 1 fully saturated rings. The van der Waals surface area contributed by atoms with Gasteiger partial charge >= 0.3 is 6.18 Å². The minimum atomic E-state index is -4.55.